The predicted molar refractivity (Wildman–Crippen MR) is 334 cm³/mol. The molecule has 9 heteroatoms. The Labute approximate surface area is 475 Å². The number of aliphatic hydroxyl groups is 1. The lowest BCUT2D eigenvalue weighted by Crippen LogP contribution is -2.45. The van der Waals surface area contributed by atoms with Crippen LogP contribution in [0.1, 0.15) is 239 Å². The van der Waals surface area contributed by atoms with Crippen LogP contribution >= 0.6 is 7.82 Å². The molecule has 0 aromatic rings. The van der Waals surface area contributed by atoms with Crippen LogP contribution in [0.5, 0.6) is 0 Å². The van der Waals surface area contributed by atoms with Crippen molar-refractivity contribution in [2.75, 3.05) is 40.9 Å². The number of nitrogens with zero attached hydrogens (tertiary/aromatic N) is 1. The highest BCUT2D eigenvalue weighted by Gasteiger charge is 2.23. The summed E-state index contributed by atoms with van der Waals surface area (Å²) < 4.78 is 23.3. The van der Waals surface area contributed by atoms with Gasteiger partial charge in [-0.3, -0.25) is 9.36 Å². The zero-order chi connectivity index (χ0) is 56.3. The van der Waals surface area contributed by atoms with Crippen LogP contribution in [0.15, 0.2) is 134 Å². The molecule has 1 amide bonds. The van der Waals surface area contributed by atoms with Gasteiger partial charge in [0, 0.05) is 6.42 Å². The minimum absolute atomic E-state index is 0.0117. The van der Waals surface area contributed by atoms with E-state index in [1.807, 2.05) is 27.2 Å². The van der Waals surface area contributed by atoms with Crippen molar-refractivity contribution in [1.29, 1.82) is 0 Å². The van der Waals surface area contributed by atoms with Gasteiger partial charge in [0.05, 0.1) is 39.9 Å². The molecule has 0 radical (unpaired) electrons. The first-order valence-corrected chi connectivity index (χ1v) is 32.5. The Balaban J connectivity index is 4.06. The van der Waals surface area contributed by atoms with Crippen LogP contribution in [0, 0.1) is 0 Å². The molecule has 3 atom stereocenters. The molecular weight excluding hydrogens is 972 g/mol. The molecular formula is C68H117N2O6P. The predicted octanol–water partition coefficient (Wildman–Crippen LogP) is 18.9. The highest BCUT2D eigenvalue weighted by molar-refractivity contribution is 7.45. The molecule has 0 saturated carbocycles. The van der Waals surface area contributed by atoms with Crippen molar-refractivity contribution in [2.24, 2.45) is 0 Å². The van der Waals surface area contributed by atoms with E-state index in [1.165, 1.54) is 122 Å². The van der Waals surface area contributed by atoms with Crippen LogP contribution < -0.4 is 10.2 Å². The Morgan fingerprint density at radius 1 is 0.468 bits per heavy atom. The second-order valence-electron chi connectivity index (χ2n) is 21.7. The summed E-state index contributed by atoms with van der Waals surface area (Å²) in [4.78, 5) is 25.5. The topological polar surface area (TPSA) is 108 Å². The van der Waals surface area contributed by atoms with Crippen LogP contribution in [0.4, 0.5) is 0 Å². The summed E-state index contributed by atoms with van der Waals surface area (Å²) in [6, 6.07) is -0.911. The van der Waals surface area contributed by atoms with Crippen LogP contribution in [0.25, 0.3) is 0 Å². The SMILES string of the molecule is CC/C=C\C/C=C\C/C=C\C/C=C\C/C=C\C/C=C\C/C=C\C/C=C\C/C=C\CCCCCCCCCCCCCCCC(=O)NC(COP(=O)([O-])OCC[N+](C)(C)C)C(O)/C=C/CC/C=C/CCCCCCCCCC. The third-order valence-corrected chi connectivity index (χ3v) is 14.1. The van der Waals surface area contributed by atoms with Crippen LogP contribution in [0.3, 0.4) is 0 Å². The number of phosphoric ester groups is 1. The van der Waals surface area contributed by atoms with Gasteiger partial charge < -0.3 is 28.8 Å². The van der Waals surface area contributed by atoms with Crippen molar-refractivity contribution < 1.29 is 32.9 Å². The minimum atomic E-state index is -4.61. The van der Waals surface area contributed by atoms with E-state index in [1.54, 1.807) is 6.08 Å². The molecule has 440 valence electrons. The molecule has 0 heterocycles. The molecule has 0 aliphatic carbocycles. The molecule has 0 aromatic carbocycles. The molecule has 0 aliphatic heterocycles. The number of hydrogen-bond donors (Lipinski definition) is 2. The number of unbranched alkanes of at least 4 members (excludes halogenated alkanes) is 22. The number of aliphatic hydroxyl groups excluding tert-OH is 1. The first-order chi connectivity index (χ1) is 37.5. The van der Waals surface area contributed by atoms with E-state index in [2.05, 4.69) is 141 Å². The molecule has 8 nitrogen and oxygen atoms in total. The molecule has 0 rings (SSSR count). The largest absolute Gasteiger partial charge is 0.756 e. The van der Waals surface area contributed by atoms with E-state index < -0.39 is 26.6 Å². The third kappa shape index (κ3) is 60.1. The van der Waals surface area contributed by atoms with Crippen LogP contribution in [0.2, 0.25) is 0 Å². The monoisotopic (exact) mass is 1090 g/mol. The molecule has 77 heavy (non-hydrogen) atoms. The zero-order valence-electron chi connectivity index (χ0n) is 50.1. The molecule has 2 N–H and O–H groups in total. The molecule has 0 aromatic heterocycles. The summed E-state index contributed by atoms with van der Waals surface area (Å²) >= 11 is 0. The number of quaternary nitrogens is 1. The van der Waals surface area contributed by atoms with Gasteiger partial charge in [-0.05, 0) is 103 Å². The van der Waals surface area contributed by atoms with Crippen molar-refractivity contribution in [3.8, 4) is 0 Å². The van der Waals surface area contributed by atoms with Gasteiger partial charge in [-0.15, -0.1) is 0 Å². The zero-order valence-corrected chi connectivity index (χ0v) is 51.0. The Morgan fingerprint density at radius 3 is 1.21 bits per heavy atom. The van der Waals surface area contributed by atoms with Gasteiger partial charge in [0.1, 0.15) is 13.2 Å². The standard InChI is InChI=1S/C68H117N2O6P/c1-6-8-10-12-14-16-18-20-22-23-24-25-26-27-28-29-30-31-32-33-34-35-36-37-38-39-40-41-42-43-44-45-46-47-48-50-52-54-56-58-60-62-68(72)69-66(65-76-77(73,74)75-64-63-70(3,4)5)67(71)61-59-57-55-53-51-49-21-19-17-15-13-11-9-7-2/h8,10,14,16,20,22,24-25,27-28,30-31,33-34,36-37,39-40,51,53,59,61,66-67,71H,6-7,9,11-13,15,17-19,21,23,26,29,32,35,38,41-50,52,54-58,60,62-65H2,1-5H3,(H-,69,72,73,74)/b10-8-,16-14-,22-20-,25-24-,28-27-,31-30-,34-33-,37-36-,40-39-,53-51+,61-59+. The average Bonchev–Trinajstić information content (AvgIpc) is 3.39. The number of carbonyl (C=O) groups is 1. The highest BCUT2D eigenvalue weighted by atomic mass is 31.2. The van der Waals surface area contributed by atoms with E-state index in [-0.39, 0.29) is 12.5 Å². The Morgan fingerprint density at radius 2 is 0.805 bits per heavy atom. The molecule has 3 unspecified atom stereocenters. The summed E-state index contributed by atoms with van der Waals surface area (Å²) in [6.07, 6.45) is 86.9. The van der Waals surface area contributed by atoms with Gasteiger partial charge in [-0.1, -0.05) is 263 Å². The maximum Gasteiger partial charge on any atom is 0.268 e. The third-order valence-electron chi connectivity index (χ3n) is 13.1. The number of likely N-dealkylation sites (N-methyl/N-ethyl adjacent to an activating group) is 1. The number of amides is 1. The van der Waals surface area contributed by atoms with Crippen molar-refractivity contribution in [2.45, 2.75) is 251 Å². The first-order valence-electron chi connectivity index (χ1n) is 31.0. The van der Waals surface area contributed by atoms with E-state index in [9.17, 15) is 19.4 Å². The fourth-order valence-corrected chi connectivity index (χ4v) is 9.00. The average molecular weight is 1090 g/mol. The Hall–Kier alpha value is -3.36. The molecule has 0 bridgehead atoms. The number of nitrogens with one attached hydrogen (secondary N) is 1. The Kier molecular flexibility index (Phi) is 54.8. The normalized spacial score (nSPS) is 14.7. The van der Waals surface area contributed by atoms with Gasteiger partial charge >= 0.3 is 0 Å². The lowest BCUT2D eigenvalue weighted by molar-refractivity contribution is -0.870. The molecule has 0 aliphatic rings. The van der Waals surface area contributed by atoms with Crippen LogP contribution in [-0.4, -0.2) is 68.5 Å². The van der Waals surface area contributed by atoms with E-state index in [0.29, 0.717) is 17.4 Å². The smallest absolute Gasteiger partial charge is 0.268 e. The lowest BCUT2D eigenvalue weighted by atomic mass is 10.0. The van der Waals surface area contributed by atoms with Gasteiger partial charge in [0.2, 0.25) is 5.91 Å². The van der Waals surface area contributed by atoms with Crippen molar-refractivity contribution in [3.63, 3.8) is 0 Å². The highest BCUT2D eigenvalue weighted by Crippen LogP contribution is 2.38. The number of rotatable bonds is 55. The summed E-state index contributed by atoms with van der Waals surface area (Å²) in [7, 11) is 1.23. The van der Waals surface area contributed by atoms with Crippen LogP contribution in [-0.2, 0) is 18.4 Å². The maximum atomic E-state index is 13.0. The molecule has 0 fully saturated rings. The fraction of sp³-hybridized carbons (Fsp3) is 0.662. The number of carbonyl (C=O) groups excluding carboxylic acids is 1. The summed E-state index contributed by atoms with van der Waals surface area (Å²) in [5.74, 6) is -0.214. The van der Waals surface area contributed by atoms with Crippen molar-refractivity contribution in [3.05, 3.63) is 134 Å². The van der Waals surface area contributed by atoms with E-state index in [0.717, 1.165) is 96.3 Å². The first kappa shape index (κ1) is 73.6. The number of allylic oxidation sites excluding steroid dienone is 21. The quantitative estimate of drug-likeness (QED) is 0.0272. The second kappa shape index (κ2) is 57.3. The van der Waals surface area contributed by atoms with Crippen molar-refractivity contribution in [1.82, 2.24) is 5.32 Å². The van der Waals surface area contributed by atoms with Gasteiger partial charge in [0.15, 0.2) is 0 Å². The van der Waals surface area contributed by atoms with E-state index >= 15 is 0 Å². The van der Waals surface area contributed by atoms with Gasteiger partial charge in [-0.25, -0.2) is 0 Å². The minimum Gasteiger partial charge on any atom is -0.756 e. The summed E-state index contributed by atoms with van der Waals surface area (Å²) in [6.45, 7) is 4.49. The van der Waals surface area contributed by atoms with E-state index in [4.69, 9.17) is 9.05 Å². The lowest BCUT2D eigenvalue weighted by Gasteiger charge is -2.29. The Bertz CT molecular complexity index is 1710. The molecule has 0 spiro atoms. The number of hydrogen-bond acceptors (Lipinski definition) is 6. The van der Waals surface area contributed by atoms with Gasteiger partial charge in [0.25, 0.3) is 7.82 Å². The van der Waals surface area contributed by atoms with Crippen molar-refractivity contribution >= 4 is 13.7 Å². The molecule has 0 saturated heterocycles. The number of phosphoric acid groups is 1. The fourth-order valence-electron chi connectivity index (χ4n) is 8.28. The second-order valence-corrected chi connectivity index (χ2v) is 23.1. The summed E-state index contributed by atoms with van der Waals surface area (Å²) in [5, 5.41) is 13.8. The summed E-state index contributed by atoms with van der Waals surface area (Å²) in [5.41, 5.74) is 0. The van der Waals surface area contributed by atoms with Gasteiger partial charge in [-0.2, -0.15) is 0 Å². The maximum absolute atomic E-state index is 13.0.